The van der Waals surface area contributed by atoms with Crippen LogP contribution in [0.1, 0.15) is 13.3 Å². The van der Waals surface area contributed by atoms with Crippen LogP contribution >= 0.6 is 47.8 Å². The SMILES string of the molecule is CC(=O)CC(=O)Nc1c(Br)cc(Br)cc1Br. The number of carbonyl (C=O) groups excluding carboxylic acids is 2. The number of rotatable bonds is 3. The second-order valence-corrected chi connectivity index (χ2v) is 5.80. The van der Waals surface area contributed by atoms with E-state index < -0.39 is 0 Å². The standard InChI is InChI=1S/C10H8Br3NO2/c1-5(15)2-9(16)14-10-7(12)3-6(11)4-8(10)13/h3-4H,2H2,1H3,(H,14,16). The Morgan fingerprint density at radius 3 is 2.12 bits per heavy atom. The second-order valence-electron chi connectivity index (χ2n) is 3.17. The lowest BCUT2D eigenvalue weighted by molar-refractivity contribution is -0.124. The van der Waals surface area contributed by atoms with Crippen molar-refractivity contribution in [1.82, 2.24) is 0 Å². The first-order chi connectivity index (χ1) is 7.40. The number of anilines is 1. The molecule has 3 nitrogen and oxygen atoms in total. The van der Waals surface area contributed by atoms with Crippen LogP contribution in [-0.2, 0) is 9.59 Å². The van der Waals surface area contributed by atoms with Gasteiger partial charge >= 0.3 is 0 Å². The van der Waals surface area contributed by atoms with Crippen molar-refractivity contribution in [3.05, 3.63) is 25.6 Å². The fraction of sp³-hybridized carbons (Fsp3) is 0.200. The van der Waals surface area contributed by atoms with E-state index in [1.165, 1.54) is 6.92 Å². The van der Waals surface area contributed by atoms with E-state index in [9.17, 15) is 9.59 Å². The zero-order valence-electron chi connectivity index (χ0n) is 8.31. The molecular weight excluding hydrogens is 406 g/mol. The molecule has 0 saturated heterocycles. The van der Waals surface area contributed by atoms with Crippen molar-refractivity contribution in [2.24, 2.45) is 0 Å². The number of ketones is 1. The highest BCUT2D eigenvalue weighted by Gasteiger charge is 2.11. The van der Waals surface area contributed by atoms with E-state index in [4.69, 9.17) is 0 Å². The van der Waals surface area contributed by atoms with Crippen LogP contribution in [0.25, 0.3) is 0 Å². The first-order valence-electron chi connectivity index (χ1n) is 4.34. The maximum Gasteiger partial charge on any atom is 0.231 e. The van der Waals surface area contributed by atoms with Gasteiger partial charge in [-0.1, -0.05) is 15.9 Å². The summed E-state index contributed by atoms with van der Waals surface area (Å²) in [5, 5.41) is 2.66. The van der Waals surface area contributed by atoms with Crippen molar-refractivity contribution in [2.75, 3.05) is 5.32 Å². The largest absolute Gasteiger partial charge is 0.324 e. The third-order valence-electron chi connectivity index (χ3n) is 1.68. The maximum atomic E-state index is 11.4. The zero-order valence-corrected chi connectivity index (χ0v) is 13.1. The molecule has 1 aromatic rings. The van der Waals surface area contributed by atoms with E-state index in [-0.39, 0.29) is 18.1 Å². The topological polar surface area (TPSA) is 46.2 Å². The number of amides is 1. The Kier molecular flexibility index (Phi) is 5.14. The highest BCUT2D eigenvalue weighted by Crippen LogP contribution is 2.34. The highest BCUT2D eigenvalue weighted by molar-refractivity contribution is 9.11. The van der Waals surface area contributed by atoms with Crippen molar-refractivity contribution >= 4 is 65.2 Å². The van der Waals surface area contributed by atoms with Gasteiger partial charge in [0, 0.05) is 13.4 Å². The molecule has 0 bridgehead atoms. The third-order valence-corrected chi connectivity index (χ3v) is 3.39. The second kappa shape index (κ2) is 5.93. The van der Waals surface area contributed by atoms with Crippen LogP contribution in [0.3, 0.4) is 0 Å². The summed E-state index contributed by atoms with van der Waals surface area (Å²) in [6.45, 7) is 1.38. The number of nitrogens with one attached hydrogen (secondary N) is 1. The molecule has 1 N–H and O–H groups in total. The molecular formula is C10H8Br3NO2. The van der Waals surface area contributed by atoms with Gasteiger partial charge in [-0.25, -0.2) is 0 Å². The number of hydrogen-bond donors (Lipinski definition) is 1. The number of hydrogen-bond acceptors (Lipinski definition) is 2. The number of Topliss-reactive ketones (excluding diaryl/α,β-unsaturated/α-hetero) is 1. The summed E-state index contributed by atoms with van der Waals surface area (Å²) in [4.78, 5) is 22.2. The number of carbonyl (C=O) groups is 2. The molecule has 1 amide bonds. The smallest absolute Gasteiger partial charge is 0.231 e. The quantitative estimate of drug-likeness (QED) is 0.764. The van der Waals surface area contributed by atoms with Gasteiger partial charge in [-0.15, -0.1) is 0 Å². The molecule has 0 fully saturated rings. The Morgan fingerprint density at radius 1 is 1.19 bits per heavy atom. The first kappa shape index (κ1) is 13.9. The van der Waals surface area contributed by atoms with Gasteiger partial charge in [0.2, 0.25) is 5.91 Å². The van der Waals surface area contributed by atoms with Crippen LogP contribution in [0.2, 0.25) is 0 Å². The van der Waals surface area contributed by atoms with Crippen LogP contribution in [0, 0.1) is 0 Å². The predicted molar refractivity (Wildman–Crippen MR) is 73.5 cm³/mol. The normalized spacial score (nSPS) is 10.0. The first-order valence-corrected chi connectivity index (χ1v) is 6.72. The molecule has 0 radical (unpaired) electrons. The third kappa shape index (κ3) is 3.99. The molecule has 6 heteroatoms. The van der Waals surface area contributed by atoms with Crippen LogP contribution in [0.15, 0.2) is 25.6 Å². The van der Waals surface area contributed by atoms with E-state index in [2.05, 4.69) is 53.1 Å². The fourth-order valence-electron chi connectivity index (χ4n) is 1.07. The Balaban J connectivity index is 2.89. The summed E-state index contributed by atoms with van der Waals surface area (Å²) in [5.74, 6) is -0.488. The average molecular weight is 414 g/mol. The molecule has 0 atom stereocenters. The number of halogens is 3. The Bertz CT molecular complexity index is 423. The Labute approximate surface area is 118 Å². The van der Waals surface area contributed by atoms with Gasteiger partial charge in [0.15, 0.2) is 0 Å². The molecule has 86 valence electrons. The summed E-state index contributed by atoms with van der Waals surface area (Å²) < 4.78 is 2.37. The lowest BCUT2D eigenvalue weighted by Gasteiger charge is -2.09. The summed E-state index contributed by atoms with van der Waals surface area (Å²) in [6, 6.07) is 3.63. The Hall–Kier alpha value is -0.200. The minimum Gasteiger partial charge on any atom is -0.324 e. The molecule has 0 spiro atoms. The van der Waals surface area contributed by atoms with Gasteiger partial charge < -0.3 is 5.32 Å². The van der Waals surface area contributed by atoms with Crippen molar-refractivity contribution in [3.63, 3.8) is 0 Å². The van der Waals surface area contributed by atoms with Crippen LogP contribution in [0.4, 0.5) is 5.69 Å². The Morgan fingerprint density at radius 2 is 1.69 bits per heavy atom. The molecule has 1 aromatic carbocycles. The van der Waals surface area contributed by atoms with Crippen LogP contribution < -0.4 is 5.32 Å². The van der Waals surface area contributed by atoms with Gasteiger partial charge in [0.05, 0.1) is 12.1 Å². The van der Waals surface area contributed by atoms with E-state index in [1.807, 2.05) is 12.1 Å². The zero-order chi connectivity index (χ0) is 12.3. The minimum absolute atomic E-state index is 0.116. The number of benzene rings is 1. The van der Waals surface area contributed by atoms with Crippen molar-refractivity contribution < 1.29 is 9.59 Å². The summed E-state index contributed by atoms with van der Waals surface area (Å²) in [7, 11) is 0. The molecule has 1 rings (SSSR count). The van der Waals surface area contributed by atoms with E-state index >= 15 is 0 Å². The van der Waals surface area contributed by atoms with E-state index in [0.29, 0.717) is 5.69 Å². The molecule has 16 heavy (non-hydrogen) atoms. The summed E-state index contributed by atoms with van der Waals surface area (Å²) in [5.41, 5.74) is 0.620. The van der Waals surface area contributed by atoms with Crippen LogP contribution in [-0.4, -0.2) is 11.7 Å². The summed E-state index contributed by atoms with van der Waals surface area (Å²) >= 11 is 9.99. The lowest BCUT2D eigenvalue weighted by Crippen LogP contribution is -2.15. The highest BCUT2D eigenvalue weighted by atomic mass is 79.9. The maximum absolute atomic E-state index is 11.4. The lowest BCUT2D eigenvalue weighted by atomic mass is 10.2. The van der Waals surface area contributed by atoms with Gasteiger partial charge in [0.25, 0.3) is 0 Å². The van der Waals surface area contributed by atoms with Crippen LogP contribution in [0.5, 0.6) is 0 Å². The molecule has 0 unspecified atom stereocenters. The average Bonchev–Trinajstić information content (AvgIpc) is 2.09. The molecule has 0 aliphatic heterocycles. The predicted octanol–water partition coefficient (Wildman–Crippen LogP) is 3.89. The fourth-order valence-corrected chi connectivity index (χ4v) is 3.53. The molecule has 0 aliphatic rings. The van der Waals surface area contributed by atoms with Gasteiger partial charge in [-0.05, 0) is 50.9 Å². The molecule has 0 heterocycles. The van der Waals surface area contributed by atoms with Crippen molar-refractivity contribution in [3.8, 4) is 0 Å². The minimum atomic E-state index is -0.323. The molecule has 0 aromatic heterocycles. The monoisotopic (exact) mass is 411 g/mol. The molecule has 0 saturated carbocycles. The molecule has 0 aliphatic carbocycles. The summed E-state index contributed by atoms with van der Waals surface area (Å²) in [6.07, 6.45) is -0.116. The van der Waals surface area contributed by atoms with Gasteiger partial charge in [-0.3, -0.25) is 9.59 Å². The van der Waals surface area contributed by atoms with Crippen molar-refractivity contribution in [2.45, 2.75) is 13.3 Å². The van der Waals surface area contributed by atoms with Gasteiger partial charge in [0.1, 0.15) is 5.78 Å². The van der Waals surface area contributed by atoms with Crippen molar-refractivity contribution in [1.29, 1.82) is 0 Å². The van der Waals surface area contributed by atoms with E-state index in [0.717, 1.165) is 13.4 Å². The van der Waals surface area contributed by atoms with Gasteiger partial charge in [-0.2, -0.15) is 0 Å². The van der Waals surface area contributed by atoms with E-state index in [1.54, 1.807) is 0 Å².